The molecule has 0 radical (unpaired) electrons. The van der Waals surface area contributed by atoms with Gasteiger partial charge in [-0.25, -0.2) is 0 Å². The van der Waals surface area contributed by atoms with Crippen LogP contribution in [0.2, 0.25) is 0 Å². The van der Waals surface area contributed by atoms with E-state index in [-0.39, 0.29) is 87.1 Å². The molecule has 0 saturated heterocycles. The molecule has 2 heterocycles. The Bertz CT molecular complexity index is 1610. The molecule has 0 aromatic heterocycles. The highest BCUT2D eigenvalue weighted by Crippen LogP contribution is 2.33. The van der Waals surface area contributed by atoms with Crippen molar-refractivity contribution in [1.82, 2.24) is 20.4 Å². The number of nitrogens with zero attached hydrogens (tertiary/aromatic N) is 2. The zero-order valence-corrected chi connectivity index (χ0v) is 27.0. The first-order valence-corrected chi connectivity index (χ1v) is 15.9. The molecule has 2 atom stereocenters. The number of fused-ring (bicyclic) bond motifs is 2. The van der Waals surface area contributed by atoms with Gasteiger partial charge in [0.05, 0.1) is 6.04 Å². The normalized spacial score (nSPS) is 14.5. The highest BCUT2D eigenvalue weighted by atomic mass is 16.2. The summed E-state index contributed by atoms with van der Waals surface area (Å²) in [6.07, 6.45) is 3.01. The predicted molar refractivity (Wildman–Crippen MR) is 175 cm³/mol. The third-order valence-electron chi connectivity index (χ3n) is 8.58. The topological polar surface area (TPSA) is 191 Å². The van der Waals surface area contributed by atoms with Crippen LogP contribution in [0.3, 0.4) is 0 Å². The van der Waals surface area contributed by atoms with E-state index in [2.05, 4.69) is 21.3 Å². The number of likely N-dealkylation sites (N-methyl/N-ethyl adjacent to an activating group) is 1. The van der Waals surface area contributed by atoms with Gasteiger partial charge in [-0.05, 0) is 49.9 Å². The number of rotatable bonds is 17. The van der Waals surface area contributed by atoms with Crippen LogP contribution in [0.25, 0.3) is 0 Å². The van der Waals surface area contributed by atoms with E-state index in [1.54, 1.807) is 36.4 Å². The molecule has 2 aromatic rings. The summed E-state index contributed by atoms with van der Waals surface area (Å²) in [7, 11) is 2.96. The van der Waals surface area contributed by atoms with Gasteiger partial charge >= 0.3 is 0 Å². The first kappa shape index (κ1) is 35.5. The zero-order valence-electron chi connectivity index (χ0n) is 27.0. The highest BCUT2D eigenvalue weighted by Gasteiger charge is 2.37. The number of anilines is 2. The Kier molecular flexibility index (Phi) is 12.1. The summed E-state index contributed by atoms with van der Waals surface area (Å²) in [5.41, 5.74) is 2.89. The molecule has 0 spiro atoms. The molecule has 2 aliphatic rings. The monoisotopic (exact) mass is 660 g/mol. The van der Waals surface area contributed by atoms with E-state index in [9.17, 15) is 38.4 Å². The minimum atomic E-state index is -0.820. The largest absolute Gasteiger partial charge is 0.359 e. The number of benzene rings is 2. The lowest BCUT2D eigenvalue weighted by molar-refractivity contribution is -0.125. The van der Waals surface area contributed by atoms with E-state index in [1.807, 2.05) is 0 Å². The van der Waals surface area contributed by atoms with Crippen molar-refractivity contribution in [3.63, 3.8) is 0 Å². The summed E-state index contributed by atoms with van der Waals surface area (Å²) in [5, 5.41) is 10.7. The van der Waals surface area contributed by atoms with Crippen molar-refractivity contribution in [2.75, 3.05) is 24.7 Å². The molecule has 254 valence electrons. The van der Waals surface area contributed by atoms with E-state index in [0.717, 1.165) is 0 Å². The summed E-state index contributed by atoms with van der Waals surface area (Å²) in [4.78, 5) is 101. The molecule has 4 N–H and O–H groups in total. The van der Waals surface area contributed by atoms with Crippen LogP contribution in [0.5, 0.6) is 0 Å². The Morgan fingerprint density at radius 1 is 0.729 bits per heavy atom. The Balaban J connectivity index is 1.28. The van der Waals surface area contributed by atoms with Gasteiger partial charge in [0.25, 0.3) is 11.8 Å². The molecular weight excluding hydrogens is 620 g/mol. The molecule has 4 rings (SSSR count). The van der Waals surface area contributed by atoms with Crippen LogP contribution in [0.4, 0.5) is 11.4 Å². The maximum atomic E-state index is 13.1. The van der Waals surface area contributed by atoms with Crippen LogP contribution in [-0.4, -0.2) is 84.0 Å². The van der Waals surface area contributed by atoms with Gasteiger partial charge in [0, 0.05) is 86.5 Å². The highest BCUT2D eigenvalue weighted by molar-refractivity contribution is 6.04. The van der Waals surface area contributed by atoms with Crippen LogP contribution < -0.4 is 21.3 Å². The van der Waals surface area contributed by atoms with Crippen molar-refractivity contribution in [3.05, 3.63) is 58.7 Å². The SMILES string of the molecule is CNC(=O)CCC(C=O)N1Cc2c(NC(=O)CCCCC(=O)Nc3cccc4c3CN(C(CCC=O)C(=O)NC)C4=O)cccc2C1=O. The summed E-state index contributed by atoms with van der Waals surface area (Å²) in [6, 6.07) is 8.35. The van der Waals surface area contributed by atoms with Crippen molar-refractivity contribution in [1.29, 1.82) is 0 Å². The maximum Gasteiger partial charge on any atom is 0.255 e. The Morgan fingerprint density at radius 3 is 1.77 bits per heavy atom. The van der Waals surface area contributed by atoms with Gasteiger partial charge in [-0.15, -0.1) is 0 Å². The Labute approximate surface area is 278 Å². The predicted octanol–water partition coefficient (Wildman–Crippen LogP) is 1.92. The average molecular weight is 661 g/mol. The van der Waals surface area contributed by atoms with Gasteiger partial charge < -0.3 is 40.7 Å². The van der Waals surface area contributed by atoms with Gasteiger partial charge in [0.2, 0.25) is 23.6 Å². The third kappa shape index (κ3) is 8.11. The van der Waals surface area contributed by atoms with Gasteiger partial charge in [0.1, 0.15) is 18.6 Å². The van der Waals surface area contributed by atoms with E-state index >= 15 is 0 Å². The van der Waals surface area contributed by atoms with Crippen LogP contribution in [0.1, 0.15) is 83.2 Å². The lowest BCUT2D eigenvalue weighted by atomic mass is 10.1. The number of unbranched alkanes of at least 4 members (excludes halogenated alkanes) is 1. The van der Waals surface area contributed by atoms with Crippen molar-refractivity contribution < 1.29 is 38.4 Å². The molecule has 14 nitrogen and oxygen atoms in total. The summed E-state index contributed by atoms with van der Waals surface area (Å²) < 4.78 is 0. The average Bonchev–Trinajstić information content (AvgIpc) is 3.60. The number of carbonyl (C=O) groups is 8. The number of amides is 6. The smallest absolute Gasteiger partial charge is 0.255 e. The summed E-state index contributed by atoms with van der Waals surface area (Å²) in [5.74, 6) is -1.88. The molecule has 14 heteroatoms. The van der Waals surface area contributed by atoms with E-state index < -0.39 is 12.1 Å². The molecular formula is C34H40N6O8. The summed E-state index contributed by atoms with van der Waals surface area (Å²) >= 11 is 0. The molecule has 0 saturated carbocycles. The fourth-order valence-electron chi connectivity index (χ4n) is 5.98. The number of hydrogen-bond donors (Lipinski definition) is 4. The molecule has 0 fully saturated rings. The van der Waals surface area contributed by atoms with Crippen molar-refractivity contribution in [2.45, 2.75) is 76.5 Å². The van der Waals surface area contributed by atoms with Crippen molar-refractivity contribution >= 4 is 59.4 Å². The Morgan fingerprint density at radius 2 is 1.27 bits per heavy atom. The van der Waals surface area contributed by atoms with Crippen molar-refractivity contribution in [2.24, 2.45) is 0 Å². The van der Waals surface area contributed by atoms with Crippen LogP contribution in [0.15, 0.2) is 36.4 Å². The van der Waals surface area contributed by atoms with Crippen LogP contribution >= 0.6 is 0 Å². The van der Waals surface area contributed by atoms with Crippen LogP contribution in [-0.2, 0) is 41.9 Å². The van der Waals surface area contributed by atoms with Gasteiger partial charge in [0.15, 0.2) is 0 Å². The number of carbonyl (C=O) groups excluding carboxylic acids is 8. The molecule has 0 aliphatic carbocycles. The first-order chi connectivity index (χ1) is 23.1. The van der Waals surface area contributed by atoms with E-state index in [1.165, 1.54) is 23.9 Å². The summed E-state index contributed by atoms with van der Waals surface area (Å²) in [6.45, 7) is 0.236. The molecule has 0 bridgehead atoms. The standard InChI is InChI=1S/C34H40N6O8/c1-35-29(43)16-15-21(20-42)39-18-24-22(33(39)47)8-5-10-26(24)37-30(44)13-3-4-14-31(45)38-27-11-6-9-23-25(27)19-40(34(23)48)28(12-7-17-41)32(46)36-2/h5-6,8-11,17,20-21,28H,3-4,7,12-16,18-19H2,1-2H3,(H,35,43)(H,36,46)(H,37,44)(H,38,45). The third-order valence-corrected chi connectivity index (χ3v) is 8.58. The second kappa shape index (κ2) is 16.4. The fraction of sp³-hybridized carbons (Fsp3) is 0.412. The van der Waals surface area contributed by atoms with Gasteiger partial charge in [-0.2, -0.15) is 0 Å². The lowest BCUT2D eigenvalue weighted by Crippen LogP contribution is -2.46. The second-order valence-electron chi connectivity index (χ2n) is 11.6. The van der Waals surface area contributed by atoms with Gasteiger partial charge in [-0.3, -0.25) is 28.8 Å². The molecule has 48 heavy (non-hydrogen) atoms. The number of nitrogens with one attached hydrogen (secondary N) is 4. The van der Waals surface area contributed by atoms with Gasteiger partial charge in [-0.1, -0.05) is 12.1 Å². The molecule has 2 aromatic carbocycles. The molecule has 6 amide bonds. The van der Waals surface area contributed by atoms with E-state index in [0.29, 0.717) is 59.0 Å². The van der Waals surface area contributed by atoms with Crippen molar-refractivity contribution in [3.8, 4) is 0 Å². The quantitative estimate of drug-likeness (QED) is 0.146. The second-order valence-corrected chi connectivity index (χ2v) is 11.6. The van der Waals surface area contributed by atoms with Crippen LogP contribution in [0, 0.1) is 0 Å². The fourth-order valence-corrected chi connectivity index (χ4v) is 5.98. The first-order valence-electron chi connectivity index (χ1n) is 15.9. The van der Waals surface area contributed by atoms with E-state index in [4.69, 9.17) is 0 Å². The molecule has 2 unspecified atom stereocenters. The minimum absolute atomic E-state index is 0.0937. The lowest BCUT2D eigenvalue weighted by Gasteiger charge is -2.25. The Hall–Kier alpha value is -5.40. The molecule has 2 aliphatic heterocycles. The maximum absolute atomic E-state index is 13.1. The zero-order chi connectivity index (χ0) is 34.8. The number of hydrogen-bond acceptors (Lipinski definition) is 8. The number of aldehydes is 2. The minimum Gasteiger partial charge on any atom is -0.359 e.